The highest BCUT2D eigenvalue weighted by Gasteiger charge is 2.44. The van der Waals surface area contributed by atoms with Gasteiger partial charge >= 0.3 is 5.97 Å². The quantitative estimate of drug-likeness (QED) is 0.281. The maximum absolute atomic E-state index is 13.5. The van der Waals surface area contributed by atoms with Crippen molar-refractivity contribution in [1.29, 1.82) is 0 Å². The number of aryl methyl sites for hydroxylation is 1. The zero-order valence-corrected chi connectivity index (χ0v) is 22.2. The number of aliphatic carboxylic acids is 1. The van der Waals surface area contributed by atoms with Crippen LogP contribution < -0.4 is 5.43 Å². The van der Waals surface area contributed by atoms with Gasteiger partial charge in [0.2, 0.25) is 10.0 Å². The summed E-state index contributed by atoms with van der Waals surface area (Å²) in [5, 5.41) is 10.3. The third kappa shape index (κ3) is 5.65. The van der Waals surface area contributed by atoms with Crippen LogP contribution in [-0.2, 0) is 29.6 Å². The number of amides is 1. The summed E-state index contributed by atoms with van der Waals surface area (Å²) in [4.78, 5) is 24.5. The molecule has 10 nitrogen and oxygen atoms in total. The van der Waals surface area contributed by atoms with Crippen molar-refractivity contribution in [2.45, 2.75) is 34.4 Å². The molecule has 13 heteroatoms. The summed E-state index contributed by atoms with van der Waals surface area (Å²) in [6, 6.07) is 16.2. The number of benzene rings is 3. The third-order valence-electron chi connectivity index (χ3n) is 5.99. The number of nitrogens with one attached hydrogen (secondary N) is 1. The van der Waals surface area contributed by atoms with Gasteiger partial charge in [0.05, 0.1) is 9.79 Å². The number of thiol groups is 1. The Balaban J connectivity index is 1.64. The van der Waals surface area contributed by atoms with Crippen molar-refractivity contribution in [1.82, 2.24) is 14.1 Å². The fourth-order valence-electron chi connectivity index (χ4n) is 4.09. The third-order valence-corrected chi connectivity index (χ3v) is 9.90. The summed E-state index contributed by atoms with van der Waals surface area (Å²) in [6.45, 7) is 0.613. The molecule has 0 bridgehead atoms. The summed E-state index contributed by atoms with van der Waals surface area (Å²) in [7, 11) is -8.62. The van der Waals surface area contributed by atoms with E-state index in [-0.39, 0.29) is 22.8 Å². The van der Waals surface area contributed by atoms with Crippen molar-refractivity contribution in [3.63, 3.8) is 0 Å². The number of hydrogen-bond acceptors (Lipinski definition) is 7. The first-order valence-corrected chi connectivity index (χ1v) is 14.6. The smallest absolute Gasteiger partial charge is 0.320 e. The van der Waals surface area contributed by atoms with E-state index in [2.05, 4.69) is 18.1 Å². The van der Waals surface area contributed by atoms with Crippen LogP contribution in [0.3, 0.4) is 0 Å². The summed E-state index contributed by atoms with van der Waals surface area (Å²) >= 11 is 4.37. The van der Waals surface area contributed by atoms with Crippen LogP contribution in [0.4, 0.5) is 0 Å². The van der Waals surface area contributed by atoms with Gasteiger partial charge in [-0.15, -0.1) is 0 Å². The van der Waals surface area contributed by atoms with E-state index in [1.165, 1.54) is 36.4 Å². The highest BCUT2D eigenvalue weighted by Crippen LogP contribution is 2.30. The molecule has 2 N–H and O–H groups in total. The molecule has 4 rings (SSSR count). The lowest BCUT2D eigenvalue weighted by atomic mass is 10.1. The van der Waals surface area contributed by atoms with Gasteiger partial charge in [-0.2, -0.15) is 16.9 Å². The van der Waals surface area contributed by atoms with Crippen LogP contribution in [0.5, 0.6) is 0 Å². The van der Waals surface area contributed by atoms with Gasteiger partial charge in [0.1, 0.15) is 12.6 Å². The number of carboxylic acids is 1. The molecule has 0 spiro atoms. The van der Waals surface area contributed by atoms with Crippen molar-refractivity contribution in [3.05, 3.63) is 72.3 Å². The molecular weight excluding hydrogens is 538 g/mol. The van der Waals surface area contributed by atoms with Crippen LogP contribution in [0, 0.1) is 6.92 Å². The Morgan fingerprint density at radius 3 is 2.27 bits per heavy atom. The number of hydrogen-bond donors (Lipinski definition) is 3. The van der Waals surface area contributed by atoms with E-state index in [4.69, 9.17) is 0 Å². The lowest BCUT2D eigenvalue weighted by Crippen LogP contribution is -2.54. The van der Waals surface area contributed by atoms with Crippen LogP contribution in [0.1, 0.15) is 12.0 Å². The molecule has 196 valence electrons. The lowest BCUT2D eigenvalue weighted by molar-refractivity contribution is -0.138. The molecule has 37 heavy (non-hydrogen) atoms. The highest BCUT2D eigenvalue weighted by atomic mass is 32.2. The minimum Gasteiger partial charge on any atom is -0.480 e. The van der Waals surface area contributed by atoms with E-state index in [1.807, 2.05) is 12.1 Å². The van der Waals surface area contributed by atoms with E-state index in [0.717, 1.165) is 15.3 Å². The first-order valence-electron chi connectivity index (χ1n) is 11.2. The molecule has 0 radical (unpaired) electrons. The molecule has 0 aliphatic carbocycles. The Bertz CT molecular complexity index is 1560. The Morgan fingerprint density at radius 2 is 1.62 bits per heavy atom. The Morgan fingerprint density at radius 1 is 1.00 bits per heavy atom. The summed E-state index contributed by atoms with van der Waals surface area (Å²) in [5.74, 6) is -2.48. The molecule has 1 fully saturated rings. The topological polar surface area (TPSA) is 141 Å². The Hall–Kier alpha value is -2.97. The van der Waals surface area contributed by atoms with Crippen molar-refractivity contribution < 1.29 is 31.5 Å². The average molecular weight is 564 g/mol. The normalized spacial score (nSPS) is 18.8. The monoisotopic (exact) mass is 563 g/mol. The molecule has 1 saturated heterocycles. The van der Waals surface area contributed by atoms with Gasteiger partial charge in [-0.1, -0.05) is 52.4 Å². The van der Waals surface area contributed by atoms with Crippen LogP contribution in [-0.4, -0.2) is 66.9 Å². The number of fused-ring (bicyclic) bond motifs is 1. The molecule has 1 aliphatic heterocycles. The number of sulfonamides is 2. The van der Waals surface area contributed by atoms with Crippen LogP contribution in [0.15, 0.2) is 76.5 Å². The van der Waals surface area contributed by atoms with Gasteiger partial charge in [-0.25, -0.2) is 16.8 Å². The molecule has 0 saturated carbocycles. The van der Waals surface area contributed by atoms with Gasteiger partial charge in [0.15, 0.2) is 0 Å². The number of hydrazine groups is 1. The second-order valence-electron chi connectivity index (χ2n) is 8.68. The van der Waals surface area contributed by atoms with Gasteiger partial charge < -0.3 is 5.11 Å². The maximum atomic E-state index is 13.5. The first-order chi connectivity index (χ1) is 17.4. The molecule has 0 aromatic heterocycles. The second-order valence-corrected chi connectivity index (χ2v) is 13.2. The number of carbonyl (C=O) groups excluding carboxylic acids is 1. The molecule has 2 atom stereocenters. The number of rotatable bonds is 8. The zero-order valence-electron chi connectivity index (χ0n) is 19.7. The van der Waals surface area contributed by atoms with Gasteiger partial charge in [-0.05, 0) is 48.4 Å². The molecule has 3 aromatic carbocycles. The zero-order chi connectivity index (χ0) is 27.0. The van der Waals surface area contributed by atoms with E-state index in [1.54, 1.807) is 25.1 Å². The van der Waals surface area contributed by atoms with Crippen molar-refractivity contribution in [3.8, 4) is 0 Å². The SMILES string of the molecule is Cc1ccc(S(=O)(=O)N(CC(=O)O)NC(=O)[C@@H]2C[C@@H](S)CN2S(=O)(=O)c2ccc3ccccc3c2)cc1. The number of carbonyl (C=O) groups is 2. The Kier molecular flexibility index (Phi) is 7.62. The second kappa shape index (κ2) is 10.4. The largest absolute Gasteiger partial charge is 0.480 e. The maximum Gasteiger partial charge on any atom is 0.320 e. The predicted octanol–water partition coefficient (Wildman–Crippen LogP) is 2.02. The van der Waals surface area contributed by atoms with E-state index in [0.29, 0.717) is 9.80 Å². The fraction of sp³-hybridized carbons (Fsp3) is 0.250. The summed E-state index contributed by atoms with van der Waals surface area (Å²) in [5.41, 5.74) is 2.92. The molecule has 1 heterocycles. The highest BCUT2D eigenvalue weighted by molar-refractivity contribution is 7.89. The fourth-order valence-corrected chi connectivity index (χ4v) is 7.48. The van der Waals surface area contributed by atoms with E-state index < -0.39 is 49.8 Å². The number of nitrogens with zero attached hydrogens (tertiary/aromatic N) is 2. The van der Waals surface area contributed by atoms with Crippen LogP contribution >= 0.6 is 12.6 Å². The predicted molar refractivity (Wildman–Crippen MR) is 140 cm³/mol. The average Bonchev–Trinajstić information content (AvgIpc) is 3.26. The summed E-state index contributed by atoms with van der Waals surface area (Å²) in [6.07, 6.45) is 0.00719. The minimum absolute atomic E-state index is 0.00719. The molecule has 1 amide bonds. The van der Waals surface area contributed by atoms with E-state index in [9.17, 15) is 31.5 Å². The molecule has 1 aliphatic rings. The Labute approximate surface area is 220 Å². The van der Waals surface area contributed by atoms with Gasteiger partial charge in [0.25, 0.3) is 15.9 Å². The first kappa shape index (κ1) is 27.1. The number of carboxylic acid groups (broad SMARTS) is 1. The van der Waals surface area contributed by atoms with Gasteiger partial charge in [-0.3, -0.25) is 15.0 Å². The molecule has 3 aromatic rings. The summed E-state index contributed by atoms with van der Waals surface area (Å²) < 4.78 is 54.6. The van der Waals surface area contributed by atoms with Crippen molar-refractivity contribution in [2.24, 2.45) is 0 Å². The van der Waals surface area contributed by atoms with Crippen molar-refractivity contribution >= 4 is 55.3 Å². The minimum atomic E-state index is -4.45. The molecule has 0 unspecified atom stereocenters. The van der Waals surface area contributed by atoms with Crippen molar-refractivity contribution in [2.75, 3.05) is 13.1 Å². The van der Waals surface area contributed by atoms with Crippen LogP contribution in [0.2, 0.25) is 0 Å². The van der Waals surface area contributed by atoms with Crippen LogP contribution in [0.25, 0.3) is 10.8 Å². The van der Waals surface area contributed by atoms with E-state index >= 15 is 0 Å². The van der Waals surface area contributed by atoms with Gasteiger partial charge in [0, 0.05) is 11.8 Å². The molecular formula is C24H25N3O7S3. The lowest BCUT2D eigenvalue weighted by Gasteiger charge is -2.27. The standard InChI is InChI=1S/C24H25N3O7S3/c1-16-6-9-20(10-7-16)37(33,34)27(15-23(28)29)25-24(30)22-13-19(35)14-26(22)36(31,32)21-11-8-17-4-2-3-5-18(17)12-21/h2-12,19,22,35H,13-15H2,1H3,(H,25,30)(H,28,29)/t19-,22+/m1/s1.